The van der Waals surface area contributed by atoms with Crippen LogP contribution in [0, 0.1) is 0 Å². The maximum absolute atomic E-state index is 6.27. The summed E-state index contributed by atoms with van der Waals surface area (Å²) in [6.07, 6.45) is 5.65. The molecule has 0 atom stereocenters. The monoisotopic (exact) mass is 534 g/mol. The molecule has 0 unspecified atom stereocenters. The molecular formula is C36H31BN2O2. The topological polar surface area (TPSA) is 44.2 Å². The number of benzene rings is 4. The first-order valence-electron chi connectivity index (χ1n) is 14.1. The number of hydrogen-bond donors (Lipinski definition) is 0. The van der Waals surface area contributed by atoms with Crippen molar-refractivity contribution >= 4 is 34.3 Å². The van der Waals surface area contributed by atoms with E-state index in [0.717, 1.165) is 22.3 Å². The van der Waals surface area contributed by atoms with Gasteiger partial charge in [0.25, 0.3) is 0 Å². The third-order valence-electron chi connectivity index (χ3n) is 8.67. The predicted molar refractivity (Wildman–Crippen MR) is 169 cm³/mol. The molecule has 1 aliphatic rings. The molecule has 0 spiro atoms. The van der Waals surface area contributed by atoms with Crippen molar-refractivity contribution in [1.29, 1.82) is 0 Å². The molecule has 1 fully saturated rings. The van der Waals surface area contributed by atoms with Crippen LogP contribution in [0.4, 0.5) is 0 Å². The quantitative estimate of drug-likeness (QED) is 0.169. The van der Waals surface area contributed by atoms with E-state index in [-0.39, 0.29) is 0 Å². The summed E-state index contributed by atoms with van der Waals surface area (Å²) in [6.45, 7) is 8.25. The van der Waals surface area contributed by atoms with E-state index in [4.69, 9.17) is 14.3 Å². The molecule has 1 aliphatic heterocycles. The minimum absolute atomic E-state index is 0.412. The third-order valence-corrected chi connectivity index (χ3v) is 8.67. The van der Waals surface area contributed by atoms with Gasteiger partial charge in [0.05, 0.1) is 16.8 Å². The van der Waals surface area contributed by atoms with Crippen LogP contribution in [0.2, 0.25) is 0 Å². The summed E-state index contributed by atoms with van der Waals surface area (Å²) in [6, 6.07) is 34.4. The number of fused-ring (bicyclic) bond motifs is 2. The number of hydrogen-bond acceptors (Lipinski definition) is 4. The molecule has 200 valence electrons. The van der Waals surface area contributed by atoms with Crippen molar-refractivity contribution < 1.29 is 9.31 Å². The number of pyridine rings is 2. The van der Waals surface area contributed by atoms with Gasteiger partial charge in [-0.15, -0.1) is 0 Å². The highest BCUT2D eigenvalue weighted by atomic mass is 16.7. The highest BCUT2D eigenvalue weighted by Crippen LogP contribution is 2.44. The van der Waals surface area contributed by atoms with Crippen molar-refractivity contribution in [3.8, 4) is 33.4 Å². The SMILES string of the molecule is CC1(C)OB(c2ccc(-c3c4ccccc4c(-c4ccccc4)c4cc(-c5ccncc5)ccc34)cn2)OC1(C)C. The van der Waals surface area contributed by atoms with E-state index in [9.17, 15) is 0 Å². The lowest BCUT2D eigenvalue weighted by molar-refractivity contribution is 0.00578. The first-order valence-corrected chi connectivity index (χ1v) is 14.1. The molecule has 41 heavy (non-hydrogen) atoms. The lowest BCUT2D eigenvalue weighted by Gasteiger charge is -2.32. The Bertz CT molecular complexity index is 1870. The van der Waals surface area contributed by atoms with Gasteiger partial charge in [0.2, 0.25) is 0 Å². The lowest BCUT2D eigenvalue weighted by atomic mass is 9.82. The van der Waals surface area contributed by atoms with Crippen LogP contribution in [0.15, 0.2) is 116 Å². The highest BCUT2D eigenvalue weighted by molar-refractivity contribution is 6.61. The van der Waals surface area contributed by atoms with Crippen LogP contribution in [0.5, 0.6) is 0 Å². The number of rotatable bonds is 4. The van der Waals surface area contributed by atoms with Crippen molar-refractivity contribution in [2.24, 2.45) is 0 Å². The van der Waals surface area contributed by atoms with E-state index in [1.54, 1.807) is 0 Å². The molecule has 2 aromatic heterocycles. The molecule has 6 aromatic rings. The van der Waals surface area contributed by atoms with Gasteiger partial charge in [-0.25, -0.2) is 0 Å². The molecule has 0 aliphatic carbocycles. The number of nitrogens with zero attached hydrogens (tertiary/aromatic N) is 2. The molecule has 0 bridgehead atoms. The summed E-state index contributed by atoms with van der Waals surface area (Å²) in [5.41, 5.74) is 6.92. The standard InChI is InChI=1S/C36H31BN2O2/c1-35(2)36(3,4)41-37(40-35)32-17-15-27(23-39-32)34-29-13-9-8-12-28(29)33(25-10-6-5-7-11-25)31-22-26(14-16-30(31)34)24-18-20-38-21-19-24/h5-23H,1-4H3. The maximum Gasteiger partial charge on any atom is 0.514 e. The predicted octanol–water partition coefficient (Wildman–Crippen LogP) is 8.08. The van der Waals surface area contributed by atoms with Gasteiger partial charge < -0.3 is 9.31 Å². The average Bonchev–Trinajstić information content (AvgIpc) is 3.22. The maximum atomic E-state index is 6.27. The molecule has 4 aromatic carbocycles. The zero-order valence-corrected chi connectivity index (χ0v) is 23.8. The Balaban J connectivity index is 1.45. The Labute approximate surface area is 241 Å². The fraction of sp³-hybridized carbons (Fsp3) is 0.167. The second-order valence-corrected chi connectivity index (χ2v) is 11.7. The summed E-state index contributed by atoms with van der Waals surface area (Å²) in [5.74, 6) is 0. The van der Waals surface area contributed by atoms with Crippen LogP contribution in [0.3, 0.4) is 0 Å². The van der Waals surface area contributed by atoms with Crippen molar-refractivity contribution in [2.45, 2.75) is 38.9 Å². The number of aromatic nitrogens is 2. The van der Waals surface area contributed by atoms with E-state index in [0.29, 0.717) is 0 Å². The summed E-state index contributed by atoms with van der Waals surface area (Å²) >= 11 is 0. The summed E-state index contributed by atoms with van der Waals surface area (Å²) in [4.78, 5) is 9.09. The second-order valence-electron chi connectivity index (χ2n) is 11.7. The van der Waals surface area contributed by atoms with Crippen molar-refractivity contribution in [2.75, 3.05) is 0 Å². The van der Waals surface area contributed by atoms with Gasteiger partial charge in [0.1, 0.15) is 0 Å². The van der Waals surface area contributed by atoms with Gasteiger partial charge in [0, 0.05) is 24.2 Å². The summed E-state index contributed by atoms with van der Waals surface area (Å²) < 4.78 is 12.5. The Morgan fingerprint density at radius 3 is 1.76 bits per heavy atom. The molecule has 4 nitrogen and oxygen atoms in total. The van der Waals surface area contributed by atoms with E-state index < -0.39 is 18.3 Å². The van der Waals surface area contributed by atoms with Gasteiger partial charge in [-0.2, -0.15) is 0 Å². The zero-order valence-electron chi connectivity index (χ0n) is 23.8. The molecule has 1 saturated heterocycles. The smallest absolute Gasteiger partial charge is 0.398 e. The second kappa shape index (κ2) is 9.65. The van der Waals surface area contributed by atoms with Gasteiger partial charge in [-0.05, 0) is 101 Å². The summed E-state index contributed by atoms with van der Waals surface area (Å²) in [5, 5.41) is 4.80. The van der Waals surface area contributed by atoms with E-state index in [2.05, 4.69) is 124 Å². The van der Waals surface area contributed by atoms with Crippen LogP contribution in [-0.4, -0.2) is 28.3 Å². The molecule has 7 rings (SSSR count). The van der Waals surface area contributed by atoms with Gasteiger partial charge in [-0.1, -0.05) is 72.8 Å². The molecule has 3 heterocycles. The van der Waals surface area contributed by atoms with Crippen LogP contribution in [-0.2, 0) is 9.31 Å². The van der Waals surface area contributed by atoms with Crippen LogP contribution in [0.1, 0.15) is 27.7 Å². The lowest BCUT2D eigenvalue weighted by Crippen LogP contribution is -2.41. The Kier molecular flexibility index (Phi) is 6.04. The fourth-order valence-electron chi connectivity index (χ4n) is 5.79. The molecule has 0 N–H and O–H groups in total. The van der Waals surface area contributed by atoms with Crippen molar-refractivity contribution in [1.82, 2.24) is 9.97 Å². The fourth-order valence-corrected chi connectivity index (χ4v) is 5.79. The molecule has 0 saturated carbocycles. The van der Waals surface area contributed by atoms with E-state index in [1.807, 2.05) is 24.7 Å². The first-order chi connectivity index (χ1) is 19.8. The Hall–Kier alpha value is -4.32. The van der Waals surface area contributed by atoms with Crippen LogP contribution >= 0.6 is 0 Å². The van der Waals surface area contributed by atoms with E-state index >= 15 is 0 Å². The van der Waals surface area contributed by atoms with Crippen LogP contribution in [0.25, 0.3) is 54.9 Å². The largest absolute Gasteiger partial charge is 0.514 e. The molecule has 5 heteroatoms. The van der Waals surface area contributed by atoms with Gasteiger partial charge >= 0.3 is 7.12 Å². The van der Waals surface area contributed by atoms with Crippen molar-refractivity contribution in [3.05, 3.63) is 116 Å². The molecule has 0 radical (unpaired) electrons. The minimum atomic E-state index is -0.495. The molecular weight excluding hydrogens is 503 g/mol. The van der Waals surface area contributed by atoms with E-state index in [1.165, 1.54) is 38.2 Å². The third kappa shape index (κ3) is 4.33. The average molecular weight is 534 g/mol. The normalized spacial score (nSPS) is 16.0. The van der Waals surface area contributed by atoms with Crippen LogP contribution < -0.4 is 5.59 Å². The zero-order chi connectivity index (χ0) is 28.2. The minimum Gasteiger partial charge on any atom is -0.398 e. The van der Waals surface area contributed by atoms with Gasteiger partial charge in [-0.3, -0.25) is 9.97 Å². The Morgan fingerprint density at radius 2 is 1.12 bits per heavy atom. The first kappa shape index (κ1) is 25.6. The highest BCUT2D eigenvalue weighted by Gasteiger charge is 2.52. The Morgan fingerprint density at radius 1 is 0.537 bits per heavy atom. The van der Waals surface area contributed by atoms with Crippen molar-refractivity contribution in [3.63, 3.8) is 0 Å². The molecule has 0 amide bonds. The van der Waals surface area contributed by atoms with Gasteiger partial charge in [0.15, 0.2) is 0 Å². The summed E-state index contributed by atoms with van der Waals surface area (Å²) in [7, 11) is -0.495.